The number of halogens is 1. The average Bonchev–Trinajstić information content (AvgIpc) is 2.51. The zero-order chi connectivity index (χ0) is 17.1. The number of esters is 2. The van der Waals surface area contributed by atoms with Crippen molar-refractivity contribution in [3.63, 3.8) is 0 Å². The minimum atomic E-state index is -0.288. The molecule has 1 aromatic rings. The van der Waals surface area contributed by atoms with Crippen molar-refractivity contribution in [1.29, 1.82) is 0 Å². The molecular weight excluding hydrogens is 407 g/mol. The molecule has 5 heteroatoms. The predicted molar refractivity (Wildman–Crippen MR) is 98.7 cm³/mol. The summed E-state index contributed by atoms with van der Waals surface area (Å²) in [5.41, 5.74) is 0. The maximum Gasteiger partial charge on any atom is 0.311 e. The molecule has 0 aliphatic carbocycles. The highest BCUT2D eigenvalue weighted by molar-refractivity contribution is 14.1. The topological polar surface area (TPSA) is 52.6 Å². The third kappa shape index (κ3) is 7.81. The number of unbranched alkanes of at least 4 members (excludes halogenated alkanes) is 4. The maximum absolute atomic E-state index is 11.9. The Balaban J connectivity index is 2.67. The zero-order valence-electron chi connectivity index (χ0n) is 13.9. The van der Waals surface area contributed by atoms with Crippen molar-refractivity contribution in [2.75, 3.05) is 0 Å². The van der Waals surface area contributed by atoms with Gasteiger partial charge in [-0.3, -0.25) is 9.59 Å². The SMILES string of the molecule is CCCCCC(=O)Oc1cccc(I)c1OC(=O)CCCCC. The highest BCUT2D eigenvalue weighted by atomic mass is 127. The molecule has 128 valence electrons. The molecule has 0 radical (unpaired) electrons. The van der Waals surface area contributed by atoms with E-state index in [0.29, 0.717) is 24.3 Å². The predicted octanol–water partition coefficient (Wildman–Crippen LogP) is 5.26. The summed E-state index contributed by atoms with van der Waals surface area (Å²) in [5, 5.41) is 0. The van der Waals surface area contributed by atoms with Gasteiger partial charge in [0.05, 0.1) is 3.57 Å². The first-order valence-electron chi connectivity index (χ1n) is 8.28. The van der Waals surface area contributed by atoms with Gasteiger partial charge in [0.25, 0.3) is 0 Å². The van der Waals surface area contributed by atoms with Crippen LogP contribution in [0.2, 0.25) is 0 Å². The zero-order valence-corrected chi connectivity index (χ0v) is 16.1. The molecule has 0 N–H and O–H groups in total. The van der Waals surface area contributed by atoms with Crippen LogP contribution in [0.4, 0.5) is 0 Å². The summed E-state index contributed by atoms with van der Waals surface area (Å²) < 4.78 is 11.6. The van der Waals surface area contributed by atoms with E-state index in [4.69, 9.17) is 9.47 Å². The van der Waals surface area contributed by atoms with Crippen molar-refractivity contribution in [3.05, 3.63) is 21.8 Å². The Morgan fingerprint density at radius 2 is 1.48 bits per heavy atom. The summed E-state index contributed by atoms with van der Waals surface area (Å²) in [6.45, 7) is 4.17. The molecule has 1 rings (SSSR count). The summed E-state index contributed by atoms with van der Waals surface area (Å²) in [5.74, 6) is 0.0928. The van der Waals surface area contributed by atoms with E-state index in [1.807, 2.05) is 6.07 Å². The fourth-order valence-corrected chi connectivity index (χ4v) is 2.63. The fourth-order valence-electron chi connectivity index (χ4n) is 2.05. The summed E-state index contributed by atoms with van der Waals surface area (Å²) >= 11 is 2.08. The van der Waals surface area contributed by atoms with E-state index in [1.165, 1.54) is 0 Å². The van der Waals surface area contributed by atoms with Gasteiger partial charge in [-0.05, 0) is 47.6 Å². The van der Waals surface area contributed by atoms with Crippen LogP contribution in [0.15, 0.2) is 18.2 Å². The van der Waals surface area contributed by atoms with Crippen molar-refractivity contribution in [2.24, 2.45) is 0 Å². The molecule has 0 spiro atoms. The lowest BCUT2D eigenvalue weighted by Gasteiger charge is -2.12. The Bertz CT molecular complexity index is 514. The van der Waals surface area contributed by atoms with E-state index < -0.39 is 0 Å². The third-order valence-corrected chi connectivity index (χ3v) is 4.19. The molecule has 0 saturated heterocycles. The lowest BCUT2D eigenvalue weighted by molar-refractivity contribution is -0.137. The molecule has 23 heavy (non-hydrogen) atoms. The first-order valence-corrected chi connectivity index (χ1v) is 9.36. The van der Waals surface area contributed by atoms with E-state index in [1.54, 1.807) is 12.1 Å². The number of carbonyl (C=O) groups excluding carboxylic acids is 2. The Morgan fingerprint density at radius 3 is 2.04 bits per heavy atom. The number of hydrogen-bond acceptors (Lipinski definition) is 4. The molecule has 1 aromatic carbocycles. The van der Waals surface area contributed by atoms with Gasteiger partial charge < -0.3 is 9.47 Å². The lowest BCUT2D eigenvalue weighted by atomic mass is 10.2. The van der Waals surface area contributed by atoms with E-state index in [-0.39, 0.29) is 11.9 Å². The van der Waals surface area contributed by atoms with Crippen LogP contribution in [0, 0.1) is 3.57 Å². The smallest absolute Gasteiger partial charge is 0.311 e. The van der Waals surface area contributed by atoms with Crippen LogP contribution in [0.5, 0.6) is 11.5 Å². The van der Waals surface area contributed by atoms with Crippen LogP contribution in [-0.4, -0.2) is 11.9 Å². The standard InChI is InChI=1S/C18H25IO4/c1-3-5-7-12-16(20)22-15-11-9-10-14(19)18(15)23-17(21)13-8-6-4-2/h9-11H,3-8,12-13H2,1-2H3. The molecule has 4 nitrogen and oxygen atoms in total. The van der Waals surface area contributed by atoms with Gasteiger partial charge in [-0.25, -0.2) is 0 Å². The lowest BCUT2D eigenvalue weighted by Crippen LogP contribution is -2.12. The van der Waals surface area contributed by atoms with Gasteiger partial charge in [-0.15, -0.1) is 0 Å². The number of carbonyl (C=O) groups is 2. The number of rotatable bonds is 10. The van der Waals surface area contributed by atoms with Gasteiger partial charge in [0.15, 0.2) is 11.5 Å². The molecule has 0 amide bonds. The van der Waals surface area contributed by atoms with Gasteiger partial charge in [0.1, 0.15) is 0 Å². The van der Waals surface area contributed by atoms with Gasteiger partial charge in [-0.1, -0.05) is 45.6 Å². The van der Waals surface area contributed by atoms with E-state index >= 15 is 0 Å². The minimum Gasteiger partial charge on any atom is -0.422 e. The Labute approximate surface area is 152 Å². The van der Waals surface area contributed by atoms with Crippen LogP contribution in [-0.2, 0) is 9.59 Å². The maximum atomic E-state index is 11.9. The Kier molecular flexibility index (Phi) is 9.91. The largest absolute Gasteiger partial charge is 0.422 e. The number of para-hydroxylation sites is 1. The molecule has 0 aliphatic rings. The molecule has 0 heterocycles. The molecule has 0 fully saturated rings. The van der Waals surface area contributed by atoms with Gasteiger partial charge in [0.2, 0.25) is 0 Å². The van der Waals surface area contributed by atoms with Crippen LogP contribution in [0.1, 0.15) is 65.2 Å². The van der Waals surface area contributed by atoms with Crippen molar-refractivity contribution in [1.82, 2.24) is 0 Å². The molecular formula is C18H25IO4. The van der Waals surface area contributed by atoms with E-state index in [9.17, 15) is 9.59 Å². The number of hydrogen-bond donors (Lipinski definition) is 0. The van der Waals surface area contributed by atoms with E-state index in [2.05, 4.69) is 36.4 Å². The number of benzene rings is 1. The molecule has 0 aliphatic heterocycles. The quantitative estimate of drug-likeness (QED) is 0.219. The Hall–Kier alpha value is -1.11. The molecule has 0 bridgehead atoms. The second-order valence-corrected chi connectivity index (χ2v) is 6.59. The number of ether oxygens (including phenoxy) is 2. The van der Waals surface area contributed by atoms with Gasteiger partial charge in [0, 0.05) is 12.8 Å². The average molecular weight is 432 g/mol. The van der Waals surface area contributed by atoms with Crippen LogP contribution >= 0.6 is 22.6 Å². The van der Waals surface area contributed by atoms with Crippen molar-refractivity contribution >= 4 is 34.5 Å². The monoisotopic (exact) mass is 432 g/mol. The molecule has 0 unspecified atom stereocenters. The Morgan fingerprint density at radius 1 is 0.913 bits per heavy atom. The molecule has 0 atom stereocenters. The normalized spacial score (nSPS) is 10.4. The second-order valence-electron chi connectivity index (χ2n) is 5.43. The van der Waals surface area contributed by atoms with Crippen molar-refractivity contribution in [2.45, 2.75) is 65.2 Å². The van der Waals surface area contributed by atoms with Gasteiger partial charge in [-0.2, -0.15) is 0 Å². The van der Waals surface area contributed by atoms with E-state index in [0.717, 1.165) is 42.1 Å². The highest BCUT2D eigenvalue weighted by Crippen LogP contribution is 2.33. The minimum absolute atomic E-state index is 0.286. The van der Waals surface area contributed by atoms with Crippen molar-refractivity contribution in [3.8, 4) is 11.5 Å². The van der Waals surface area contributed by atoms with Crippen LogP contribution < -0.4 is 9.47 Å². The third-order valence-electron chi connectivity index (χ3n) is 3.34. The summed E-state index contributed by atoms with van der Waals surface area (Å²) in [7, 11) is 0. The first kappa shape index (κ1) is 19.9. The van der Waals surface area contributed by atoms with Crippen molar-refractivity contribution < 1.29 is 19.1 Å². The van der Waals surface area contributed by atoms with Crippen LogP contribution in [0.3, 0.4) is 0 Å². The first-order chi connectivity index (χ1) is 11.1. The summed E-state index contributed by atoms with van der Waals surface area (Å²) in [6, 6.07) is 5.27. The molecule has 0 aromatic heterocycles. The fraction of sp³-hybridized carbons (Fsp3) is 0.556. The summed E-state index contributed by atoms with van der Waals surface area (Å²) in [4.78, 5) is 23.8. The molecule has 0 saturated carbocycles. The van der Waals surface area contributed by atoms with Crippen LogP contribution in [0.25, 0.3) is 0 Å². The second kappa shape index (κ2) is 11.4. The highest BCUT2D eigenvalue weighted by Gasteiger charge is 2.16. The van der Waals surface area contributed by atoms with Gasteiger partial charge >= 0.3 is 11.9 Å². The summed E-state index contributed by atoms with van der Waals surface area (Å²) in [6.07, 6.45) is 6.48.